The van der Waals surface area contributed by atoms with Crippen LogP contribution >= 0.6 is 0 Å². The average Bonchev–Trinajstić information content (AvgIpc) is 1.67. The fourth-order valence-corrected chi connectivity index (χ4v) is 15.2. The first-order chi connectivity index (χ1) is 54.2. The summed E-state index contributed by atoms with van der Waals surface area (Å²) in [6.45, 7) is 1.67. The van der Waals surface area contributed by atoms with Crippen LogP contribution in [0, 0.1) is 0 Å². The van der Waals surface area contributed by atoms with E-state index in [1.54, 1.807) is 6.92 Å². The highest BCUT2D eigenvalue weighted by Gasteiger charge is 2.44. The Labute approximate surface area is 651 Å². The van der Waals surface area contributed by atoms with Crippen molar-refractivity contribution in [1.82, 2.24) is 62.6 Å². The van der Waals surface area contributed by atoms with Crippen LogP contribution in [0.3, 0.4) is 0 Å². The molecule has 0 saturated carbocycles. The molecule has 592 valence electrons. The third-order valence-electron chi connectivity index (χ3n) is 20.9. The number of aliphatic hydroxyl groups excluding tert-OH is 2. The van der Waals surface area contributed by atoms with Gasteiger partial charge < -0.3 is 72.8 Å². The third kappa shape index (κ3) is 24.0. The molecule has 12 rings (SSSR count). The summed E-state index contributed by atoms with van der Waals surface area (Å²) in [5, 5.41) is 45.1. The van der Waals surface area contributed by atoms with E-state index in [1.165, 1.54) is 14.7 Å². The van der Waals surface area contributed by atoms with Crippen molar-refractivity contribution in [3.63, 3.8) is 0 Å². The highest BCUT2D eigenvalue weighted by atomic mass is 16.3. The standard InChI is InChI=1S/C31H38N4O5.2C27H32N4O5/c1-2-24(36)15-16-25-31(40)35-17-9-14-27(35)30(39)32-23(18-21-10-5-3-6-11-21)20-28(37)33-26(29(38)34-25)19-22-12-7-4-8-13-22;32-17-22-25(34)28-20(14-18-8-3-1-4-9-18)16-24(33)29-21(15-19-10-5-2-6-11-19)27(36)31-13-7-12-23(31)26(35)30-22;32-17-22-27(36)31-13-7-12-23(31)26(35)28-20(14-18-8-3-1-4-9-18)16-24(33)29-21(25(34)30-22)15-19-10-5-2-6-11-19/h3-8,10-13,23,25-27H,2,9,14-20H2,1H3,(H,32,39)(H,33,37)(H,34,38);1-6,8-11,20-23,32H,7,12-17H2,(H,28,34)(H,29,33)(H,30,35);1-6,8-11,20-23,32H,7,12-17H2,(H,28,35)(H,29,33)(H,30,34). The van der Waals surface area contributed by atoms with Crippen molar-refractivity contribution >= 4 is 76.7 Å². The Bertz CT molecular complexity index is 4210. The molecule has 0 bridgehead atoms. The fourth-order valence-electron chi connectivity index (χ4n) is 15.2. The summed E-state index contributed by atoms with van der Waals surface area (Å²) in [7, 11) is 0. The average molecular weight is 1530 g/mol. The van der Waals surface area contributed by atoms with E-state index in [0.717, 1.165) is 33.4 Å². The van der Waals surface area contributed by atoms with Gasteiger partial charge in [-0.15, -0.1) is 0 Å². The molecule has 11 N–H and O–H groups in total. The van der Waals surface area contributed by atoms with Gasteiger partial charge in [-0.05, 0) is 97.6 Å². The van der Waals surface area contributed by atoms with Crippen LogP contribution in [0.2, 0.25) is 0 Å². The van der Waals surface area contributed by atoms with Gasteiger partial charge in [-0.25, -0.2) is 0 Å². The highest BCUT2D eigenvalue weighted by Crippen LogP contribution is 2.25. The minimum absolute atomic E-state index is 0.0152. The first-order valence-corrected chi connectivity index (χ1v) is 38.8. The molecule has 6 heterocycles. The van der Waals surface area contributed by atoms with Crippen molar-refractivity contribution in [2.24, 2.45) is 0 Å². The van der Waals surface area contributed by atoms with E-state index in [0.29, 0.717) is 83.8 Å². The van der Waals surface area contributed by atoms with Crippen molar-refractivity contribution in [3.05, 3.63) is 215 Å². The number of Topliss-reactive ketones (excluding diaryl/α,β-unsaturated/α-hetero) is 1. The Balaban J connectivity index is 0.000000179. The second kappa shape index (κ2) is 41.5. The van der Waals surface area contributed by atoms with E-state index in [4.69, 9.17) is 0 Å². The van der Waals surface area contributed by atoms with Gasteiger partial charge in [0, 0.05) is 89.1 Å². The summed E-state index contributed by atoms with van der Waals surface area (Å²) in [6, 6.07) is 46.5. The van der Waals surface area contributed by atoms with Crippen LogP contribution in [0.15, 0.2) is 182 Å². The molecule has 12 unspecified atom stereocenters. The molecule has 6 saturated heterocycles. The van der Waals surface area contributed by atoms with Gasteiger partial charge in [0.15, 0.2) is 0 Å². The zero-order valence-electron chi connectivity index (χ0n) is 63.1. The molecule has 6 aliphatic heterocycles. The fraction of sp³-hybridized carbons (Fsp3) is 0.424. The second-order valence-corrected chi connectivity index (χ2v) is 29.3. The number of fused-ring (bicyclic) bond motifs is 3. The summed E-state index contributed by atoms with van der Waals surface area (Å²) in [5.41, 5.74) is 5.41. The predicted octanol–water partition coefficient (Wildman–Crippen LogP) is 2.71. The molecule has 6 aromatic rings. The number of rotatable bonds is 18. The lowest BCUT2D eigenvalue weighted by molar-refractivity contribution is -0.142. The first-order valence-electron chi connectivity index (χ1n) is 38.8. The van der Waals surface area contributed by atoms with Gasteiger partial charge in [-0.1, -0.05) is 189 Å². The second-order valence-electron chi connectivity index (χ2n) is 29.3. The summed E-state index contributed by atoms with van der Waals surface area (Å²) in [4.78, 5) is 176. The summed E-state index contributed by atoms with van der Waals surface area (Å²) >= 11 is 0. The van der Waals surface area contributed by atoms with Crippen molar-refractivity contribution in [2.45, 2.75) is 195 Å². The Morgan fingerprint density at radius 2 is 0.589 bits per heavy atom. The maximum atomic E-state index is 13.8. The molecule has 27 heteroatoms. The van der Waals surface area contributed by atoms with E-state index in [1.807, 2.05) is 182 Å². The number of carbonyl (C=O) groups is 13. The zero-order valence-corrected chi connectivity index (χ0v) is 63.1. The summed E-state index contributed by atoms with van der Waals surface area (Å²) in [6.07, 6.45) is 5.78. The quantitative estimate of drug-likeness (QED) is 0.0589. The van der Waals surface area contributed by atoms with E-state index >= 15 is 0 Å². The van der Waals surface area contributed by atoms with Gasteiger partial charge in [0.1, 0.15) is 60.2 Å². The number of benzene rings is 6. The number of amides is 12. The molecule has 27 nitrogen and oxygen atoms in total. The predicted molar refractivity (Wildman–Crippen MR) is 415 cm³/mol. The molecular weight excluding hydrogens is 1430 g/mol. The number of ketones is 1. The largest absolute Gasteiger partial charge is 0.394 e. The Morgan fingerprint density at radius 3 is 0.929 bits per heavy atom. The Morgan fingerprint density at radius 1 is 0.321 bits per heavy atom. The van der Waals surface area contributed by atoms with Crippen molar-refractivity contribution in [1.29, 1.82) is 0 Å². The molecule has 6 aromatic carbocycles. The number of hydrogen-bond acceptors (Lipinski definition) is 15. The lowest BCUT2D eigenvalue weighted by Crippen LogP contribution is -2.57. The Hall–Kier alpha value is -11.5. The molecule has 6 fully saturated rings. The minimum atomic E-state index is -1.21. The van der Waals surface area contributed by atoms with Crippen LogP contribution in [0.5, 0.6) is 0 Å². The number of hydrogen-bond donors (Lipinski definition) is 11. The van der Waals surface area contributed by atoms with Gasteiger partial charge >= 0.3 is 0 Å². The maximum Gasteiger partial charge on any atom is 0.248 e. The molecule has 12 amide bonds. The molecule has 0 aromatic heterocycles. The van der Waals surface area contributed by atoms with E-state index in [9.17, 15) is 72.5 Å². The topological polar surface area (TPSA) is 380 Å². The molecule has 12 atom stereocenters. The van der Waals surface area contributed by atoms with Gasteiger partial charge in [0.25, 0.3) is 0 Å². The number of nitrogens with one attached hydrogen (secondary N) is 9. The molecule has 0 aliphatic carbocycles. The van der Waals surface area contributed by atoms with Crippen molar-refractivity contribution < 1.29 is 72.5 Å². The zero-order chi connectivity index (χ0) is 79.5. The van der Waals surface area contributed by atoms with Crippen LogP contribution in [-0.2, 0) is 101 Å². The minimum Gasteiger partial charge on any atom is -0.394 e. The van der Waals surface area contributed by atoms with E-state index in [2.05, 4.69) is 47.9 Å². The SMILES string of the molecule is CCC(=O)CCC1NC(=O)C(Cc2ccccc2)NC(=O)CC(Cc2ccccc2)NC(=O)C2CCCN2C1=O.O=C1CC(Cc2ccccc2)NC(=O)C(CO)NC(=O)C2CCCN2C(=O)C(Cc2ccccc2)N1.O=C1CC(Cc2ccccc2)NC(=O)C2CCCN2C(=O)C(CO)NC(=O)C(Cc2ccccc2)N1. The van der Waals surface area contributed by atoms with Gasteiger partial charge in [0.2, 0.25) is 70.9 Å². The maximum absolute atomic E-state index is 13.8. The molecule has 0 radical (unpaired) electrons. The lowest BCUT2D eigenvalue weighted by atomic mass is 10.0. The van der Waals surface area contributed by atoms with Gasteiger partial charge in [0.05, 0.1) is 13.2 Å². The molecule has 112 heavy (non-hydrogen) atoms. The van der Waals surface area contributed by atoms with E-state index in [-0.39, 0.29) is 98.5 Å². The van der Waals surface area contributed by atoms with Crippen LogP contribution < -0.4 is 47.9 Å². The van der Waals surface area contributed by atoms with Crippen LogP contribution in [-0.4, -0.2) is 207 Å². The molecule has 0 spiro atoms. The smallest absolute Gasteiger partial charge is 0.248 e. The van der Waals surface area contributed by atoms with Gasteiger partial charge in [-0.3, -0.25) is 62.3 Å². The van der Waals surface area contributed by atoms with E-state index < -0.39 is 115 Å². The van der Waals surface area contributed by atoms with Crippen LogP contribution in [0.4, 0.5) is 0 Å². The summed E-state index contributed by atoms with van der Waals surface area (Å²) < 4.78 is 0. The number of carbonyl (C=O) groups excluding carboxylic acids is 13. The van der Waals surface area contributed by atoms with Crippen molar-refractivity contribution in [3.8, 4) is 0 Å². The monoisotopic (exact) mass is 1530 g/mol. The lowest BCUT2D eigenvalue weighted by Gasteiger charge is -2.30. The number of nitrogens with zero attached hydrogens (tertiary/aromatic N) is 3. The van der Waals surface area contributed by atoms with Gasteiger partial charge in [-0.2, -0.15) is 0 Å². The third-order valence-corrected chi connectivity index (χ3v) is 20.9. The highest BCUT2D eigenvalue weighted by molar-refractivity contribution is 5.98. The molecular formula is C85H102N12O15. The number of aliphatic hydroxyl groups is 2. The first kappa shape index (κ1) is 83.0. The van der Waals surface area contributed by atoms with Crippen LogP contribution in [0.1, 0.15) is 117 Å². The Kier molecular flexibility index (Phi) is 30.8. The van der Waals surface area contributed by atoms with Crippen LogP contribution in [0.25, 0.3) is 0 Å². The van der Waals surface area contributed by atoms with Crippen molar-refractivity contribution in [2.75, 3.05) is 32.8 Å². The molecule has 6 aliphatic rings. The summed E-state index contributed by atoms with van der Waals surface area (Å²) in [5.74, 6) is -5.12. The normalized spacial score (nSPS) is 25.0.